The fourth-order valence-electron chi connectivity index (χ4n) is 5.72. The highest BCUT2D eigenvalue weighted by Crippen LogP contribution is 2.40. The Bertz CT molecular complexity index is 1350. The van der Waals surface area contributed by atoms with Crippen molar-refractivity contribution in [2.45, 2.75) is 45.1 Å². The summed E-state index contributed by atoms with van der Waals surface area (Å²) in [6.45, 7) is 6.72. The standard InChI is InChI=1S/C35H43N3O5/c1-26-24-38(19-17-35(26,2)30-14-9-15-31(39)21-30)18-16-29(20-27-10-5-3-6-11-27)34(42)37-23-33(41)43-25-32(40)36-22-28-12-7-4-8-13-28/h3-15,21,26,29,39H,16-20,22-25H2,1-2H3,(H,36,40)(H,37,42). The average molecular weight is 586 g/mol. The number of benzene rings is 3. The first-order valence-corrected chi connectivity index (χ1v) is 15.0. The Morgan fingerprint density at radius 2 is 1.67 bits per heavy atom. The predicted molar refractivity (Wildman–Crippen MR) is 166 cm³/mol. The number of piperidine rings is 1. The second-order valence-corrected chi connectivity index (χ2v) is 11.7. The van der Waals surface area contributed by atoms with Crippen LogP contribution < -0.4 is 10.6 Å². The number of nitrogens with zero attached hydrogens (tertiary/aromatic N) is 1. The van der Waals surface area contributed by atoms with Crippen molar-refractivity contribution in [3.8, 4) is 5.75 Å². The molecule has 1 saturated heterocycles. The first-order chi connectivity index (χ1) is 20.7. The van der Waals surface area contributed by atoms with E-state index >= 15 is 0 Å². The van der Waals surface area contributed by atoms with Gasteiger partial charge in [-0.05, 0) is 72.5 Å². The highest BCUT2D eigenvalue weighted by atomic mass is 16.5. The van der Waals surface area contributed by atoms with Gasteiger partial charge in [-0.1, -0.05) is 86.6 Å². The lowest BCUT2D eigenvalue weighted by Gasteiger charge is -2.45. The van der Waals surface area contributed by atoms with Gasteiger partial charge < -0.3 is 25.4 Å². The molecular weight excluding hydrogens is 542 g/mol. The third-order valence-electron chi connectivity index (χ3n) is 8.67. The van der Waals surface area contributed by atoms with Crippen LogP contribution >= 0.6 is 0 Å². The zero-order valence-corrected chi connectivity index (χ0v) is 25.1. The molecule has 228 valence electrons. The second-order valence-electron chi connectivity index (χ2n) is 11.7. The molecule has 43 heavy (non-hydrogen) atoms. The van der Waals surface area contributed by atoms with Crippen molar-refractivity contribution in [2.24, 2.45) is 11.8 Å². The molecule has 3 unspecified atom stereocenters. The number of likely N-dealkylation sites (tertiary alicyclic amines) is 1. The number of esters is 1. The van der Waals surface area contributed by atoms with Crippen molar-refractivity contribution >= 4 is 17.8 Å². The van der Waals surface area contributed by atoms with Crippen molar-refractivity contribution in [1.82, 2.24) is 15.5 Å². The SMILES string of the molecule is CC1CN(CCC(Cc2ccccc2)C(=O)NCC(=O)OCC(=O)NCc2ccccc2)CCC1(C)c1cccc(O)c1. The van der Waals surface area contributed by atoms with Gasteiger partial charge in [-0.3, -0.25) is 14.4 Å². The van der Waals surface area contributed by atoms with Crippen LogP contribution in [-0.2, 0) is 37.5 Å². The number of carbonyl (C=O) groups excluding carboxylic acids is 3. The molecule has 0 aliphatic carbocycles. The Hall–Kier alpha value is -4.17. The van der Waals surface area contributed by atoms with Crippen LogP contribution in [-0.4, -0.2) is 60.6 Å². The van der Waals surface area contributed by atoms with Crippen molar-refractivity contribution in [3.05, 3.63) is 102 Å². The van der Waals surface area contributed by atoms with Crippen LogP contribution in [0.5, 0.6) is 5.75 Å². The summed E-state index contributed by atoms with van der Waals surface area (Å²) < 4.78 is 5.08. The Labute approximate surface area is 254 Å². The van der Waals surface area contributed by atoms with Gasteiger partial charge in [-0.25, -0.2) is 0 Å². The molecule has 8 heteroatoms. The normalized spacial score (nSPS) is 19.3. The van der Waals surface area contributed by atoms with E-state index in [4.69, 9.17) is 4.74 Å². The first-order valence-electron chi connectivity index (χ1n) is 15.0. The summed E-state index contributed by atoms with van der Waals surface area (Å²) >= 11 is 0. The number of amides is 2. The van der Waals surface area contributed by atoms with Crippen LogP contribution in [0.15, 0.2) is 84.9 Å². The number of aromatic hydroxyl groups is 1. The maximum Gasteiger partial charge on any atom is 0.325 e. The van der Waals surface area contributed by atoms with Crippen LogP contribution in [0.3, 0.4) is 0 Å². The molecule has 1 aliphatic rings. The number of hydrogen-bond acceptors (Lipinski definition) is 6. The van der Waals surface area contributed by atoms with Gasteiger partial charge in [-0.2, -0.15) is 0 Å². The molecular formula is C35H43N3O5. The van der Waals surface area contributed by atoms with Crippen LogP contribution in [0.25, 0.3) is 0 Å². The molecule has 1 aliphatic heterocycles. The van der Waals surface area contributed by atoms with Crippen molar-refractivity contribution in [1.29, 1.82) is 0 Å². The molecule has 3 atom stereocenters. The van der Waals surface area contributed by atoms with Crippen LogP contribution in [0.2, 0.25) is 0 Å². The molecule has 1 fully saturated rings. The highest BCUT2D eigenvalue weighted by Gasteiger charge is 2.38. The number of rotatable bonds is 13. The zero-order valence-electron chi connectivity index (χ0n) is 25.1. The van der Waals surface area contributed by atoms with E-state index in [-0.39, 0.29) is 23.8 Å². The first kappa shape index (κ1) is 31.8. The highest BCUT2D eigenvalue weighted by molar-refractivity contribution is 5.85. The third-order valence-corrected chi connectivity index (χ3v) is 8.67. The van der Waals surface area contributed by atoms with Gasteiger partial charge in [0, 0.05) is 19.0 Å². The molecule has 2 amide bonds. The number of carbonyl (C=O) groups is 3. The van der Waals surface area contributed by atoms with E-state index in [1.54, 1.807) is 6.07 Å². The van der Waals surface area contributed by atoms with Gasteiger partial charge in [-0.15, -0.1) is 0 Å². The van der Waals surface area contributed by atoms with Gasteiger partial charge in [0.25, 0.3) is 5.91 Å². The van der Waals surface area contributed by atoms with E-state index in [2.05, 4.69) is 35.4 Å². The molecule has 0 radical (unpaired) electrons. The summed E-state index contributed by atoms with van der Waals surface area (Å²) in [5.41, 5.74) is 3.13. The van der Waals surface area contributed by atoms with E-state index in [1.807, 2.05) is 72.8 Å². The largest absolute Gasteiger partial charge is 0.508 e. The van der Waals surface area contributed by atoms with E-state index in [0.717, 1.165) is 42.7 Å². The van der Waals surface area contributed by atoms with Crippen molar-refractivity contribution < 1.29 is 24.2 Å². The van der Waals surface area contributed by atoms with E-state index in [1.165, 1.54) is 0 Å². The van der Waals surface area contributed by atoms with Crippen LogP contribution in [0.1, 0.15) is 43.4 Å². The molecule has 0 spiro atoms. The van der Waals surface area contributed by atoms with Gasteiger partial charge in [0.05, 0.1) is 0 Å². The summed E-state index contributed by atoms with van der Waals surface area (Å²) in [7, 11) is 0. The molecule has 1 heterocycles. The Kier molecular flexibility index (Phi) is 11.3. The molecule has 3 aromatic carbocycles. The number of ether oxygens (including phenoxy) is 1. The fourth-order valence-corrected chi connectivity index (χ4v) is 5.72. The summed E-state index contributed by atoms with van der Waals surface area (Å²) in [6, 6.07) is 26.9. The minimum atomic E-state index is -0.655. The molecule has 0 bridgehead atoms. The maximum absolute atomic E-state index is 13.3. The Morgan fingerprint density at radius 3 is 2.35 bits per heavy atom. The van der Waals surface area contributed by atoms with Gasteiger partial charge in [0.2, 0.25) is 5.91 Å². The van der Waals surface area contributed by atoms with E-state index < -0.39 is 18.5 Å². The molecule has 0 saturated carbocycles. The maximum atomic E-state index is 13.3. The smallest absolute Gasteiger partial charge is 0.325 e. The molecule has 4 rings (SSSR count). The summed E-state index contributed by atoms with van der Waals surface area (Å²) in [4.78, 5) is 40.1. The molecule has 8 nitrogen and oxygen atoms in total. The minimum Gasteiger partial charge on any atom is -0.508 e. The van der Waals surface area contributed by atoms with E-state index in [9.17, 15) is 19.5 Å². The third kappa shape index (κ3) is 9.41. The van der Waals surface area contributed by atoms with Gasteiger partial charge in [0.1, 0.15) is 12.3 Å². The lowest BCUT2D eigenvalue weighted by molar-refractivity contribution is -0.148. The predicted octanol–water partition coefficient (Wildman–Crippen LogP) is 4.22. The second kappa shape index (κ2) is 15.3. The number of phenolic OH excluding ortho intramolecular Hbond substituents is 1. The van der Waals surface area contributed by atoms with Crippen LogP contribution in [0, 0.1) is 11.8 Å². The molecule has 3 aromatic rings. The quantitative estimate of drug-likeness (QED) is 0.260. The molecule has 0 aromatic heterocycles. The Morgan fingerprint density at radius 1 is 0.977 bits per heavy atom. The summed E-state index contributed by atoms with van der Waals surface area (Å²) in [6.07, 6.45) is 2.17. The number of hydrogen-bond donors (Lipinski definition) is 3. The Balaban J connectivity index is 1.26. The summed E-state index contributed by atoms with van der Waals surface area (Å²) in [5, 5.41) is 15.5. The number of phenols is 1. The molecule has 3 N–H and O–H groups in total. The lowest BCUT2D eigenvalue weighted by Crippen LogP contribution is -2.48. The van der Waals surface area contributed by atoms with Gasteiger partial charge >= 0.3 is 5.97 Å². The monoisotopic (exact) mass is 585 g/mol. The minimum absolute atomic E-state index is 0.0329. The summed E-state index contributed by atoms with van der Waals surface area (Å²) in [5.74, 6) is -0.926. The van der Waals surface area contributed by atoms with E-state index in [0.29, 0.717) is 31.1 Å². The van der Waals surface area contributed by atoms with Gasteiger partial charge in [0.15, 0.2) is 6.61 Å². The lowest BCUT2D eigenvalue weighted by atomic mass is 9.68. The van der Waals surface area contributed by atoms with Crippen molar-refractivity contribution in [2.75, 3.05) is 32.8 Å². The van der Waals surface area contributed by atoms with Crippen LogP contribution in [0.4, 0.5) is 0 Å². The number of nitrogens with one attached hydrogen (secondary N) is 2. The topological polar surface area (TPSA) is 108 Å². The zero-order chi connectivity index (χ0) is 30.7. The van der Waals surface area contributed by atoms with Crippen molar-refractivity contribution in [3.63, 3.8) is 0 Å². The average Bonchev–Trinajstić information content (AvgIpc) is 3.02. The fraction of sp³-hybridized carbons (Fsp3) is 0.400.